The quantitative estimate of drug-likeness (QED) is 0.193. The van der Waals surface area contributed by atoms with E-state index in [1.807, 2.05) is 58.4 Å². The van der Waals surface area contributed by atoms with Gasteiger partial charge in [0.2, 0.25) is 23.3 Å². The van der Waals surface area contributed by atoms with Crippen LogP contribution in [-0.2, 0) is 9.59 Å². The minimum absolute atomic E-state index is 0.00396. The Morgan fingerprint density at radius 3 is 1.16 bits per heavy atom. The molecular weight excluding hydrogens is 652 g/mol. The van der Waals surface area contributed by atoms with Crippen molar-refractivity contribution in [1.82, 2.24) is 19.6 Å². The van der Waals surface area contributed by atoms with E-state index in [1.54, 1.807) is 67.0 Å². The predicted octanol–water partition coefficient (Wildman–Crippen LogP) is 4.60. The number of nitrogens with zero attached hydrogens (tertiary/aromatic N) is 4. The van der Waals surface area contributed by atoms with Crippen molar-refractivity contribution in [3.05, 3.63) is 71.8 Å². The van der Waals surface area contributed by atoms with Gasteiger partial charge in [0.05, 0.1) is 48.8 Å². The summed E-state index contributed by atoms with van der Waals surface area (Å²) >= 11 is 0. The lowest BCUT2D eigenvalue weighted by atomic mass is 10.1. The number of amides is 2. The van der Waals surface area contributed by atoms with Gasteiger partial charge in [-0.05, 0) is 41.8 Å². The van der Waals surface area contributed by atoms with Gasteiger partial charge in [-0.2, -0.15) is 0 Å². The number of carbonyl (C=O) groups is 2. The van der Waals surface area contributed by atoms with E-state index in [0.29, 0.717) is 60.7 Å². The van der Waals surface area contributed by atoms with Crippen LogP contribution >= 0.6 is 0 Å². The number of benzene rings is 2. The highest BCUT2D eigenvalue weighted by molar-refractivity contribution is 5.88. The summed E-state index contributed by atoms with van der Waals surface area (Å²) in [5.41, 5.74) is 1.73. The van der Waals surface area contributed by atoms with Crippen LogP contribution < -0.4 is 28.4 Å². The first-order chi connectivity index (χ1) is 24.8. The van der Waals surface area contributed by atoms with E-state index in [-0.39, 0.29) is 18.0 Å². The summed E-state index contributed by atoms with van der Waals surface area (Å²) in [4.78, 5) is 34.6. The maximum Gasteiger partial charge on any atom is 0.246 e. The fourth-order valence-electron chi connectivity index (χ4n) is 6.44. The van der Waals surface area contributed by atoms with Crippen molar-refractivity contribution in [3.63, 3.8) is 0 Å². The highest BCUT2D eigenvalue weighted by atomic mass is 16.5. The normalized spacial score (nSPS) is 16.2. The number of piperazine rings is 2. The van der Waals surface area contributed by atoms with Crippen molar-refractivity contribution in [3.8, 4) is 34.5 Å². The zero-order valence-electron chi connectivity index (χ0n) is 30.9. The minimum atomic E-state index is -0.00396. The Labute approximate surface area is 302 Å². The molecule has 2 aliphatic heterocycles. The molecule has 2 aliphatic rings. The molecule has 276 valence electrons. The van der Waals surface area contributed by atoms with Gasteiger partial charge in [-0.25, -0.2) is 0 Å². The van der Waals surface area contributed by atoms with Crippen LogP contribution in [0.5, 0.6) is 34.5 Å². The van der Waals surface area contributed by atoms with E-state index in [0.717, 1.165) is 43.7 Å². The summed E-state index contributed by atoms with van der Waals surface area (Å²) < 4.78 is 32.4. The summed E-state index contributed by atoms with van der Waals surface area (Å²) in [5, 5.41) is 0. The van der Waals surface area contributed by atoms with Crippen LogP contribution in [0.4, 0.5) is 0 Å². The highest BCUT2D eigenvalue weighted by Crippen LogP contribution is 2.39. The monoisotopic (exact) mass is 704 g/mol. The summed E-state index contributed by atoms with van der Waals surface area (Å²) in [6, 6.07) is 7.41. The zero-order chi connectivity index (χ0) is 36.8. The molecule has 0 aliphatic carbocycles. The molecule has 0 spiro atoms. The first-order valence-corrected chi connectivity index (χ1v) is 17.2. The molecule has 2 saturated heterocycles. The molecule has 0 radical (unpaired) electrons. The Kier molecular flexibility index (Phi) is 14.8. The smallest absolute Gasteiger partial charge is 0.246 e. The first kappa shape index (κ1) is 38.9. The summed E-state index contributed by atoms with van der Waals surface area (Å²) in [7, 11) is 9.46. The van der Waals surface area contributed by atoms with Crippen molar-refractivity contribution < 1.29 is 38.0 Å². The lowest BCUT2D eigenvalue weighted by Gasteiger charge is -2.46. The first-order valence-electron chi connectivity index (χ1n) is 17.2. The molecule has 2 heterocycles. The highest BCUT2D eigenvalue weighted by Gasteiger charge is 2.31. The van der Waals surface area contributed by atoms with Gasteiger partial charge in [-0.15, -0.1) is 0 Å². The summed E-state index contributed by atoms with van der Waals surface area (Å²) in [6.45, 7) is 8.10. The van der Waals surface area contributed by atoms with E-state index >= 15 is 0 Å². The van der Waals surface area contributed by atoms with Crippen molar-refractivity contribution in [2.75, 3.05) is 95.0 Å². The second-order valence-electron chi connectivity index (χ2n) is 12.0. The summed E-state index contributed by atoms with van der Waals surface area (Å²) in [5.74, 6) is 3.35. The molecular formula is C39H52N4O8. The molecule has 0 atom stereocenters. The third-order valence-electron chi connectivity index (χ3n) is 9.11. The van der Waals surface area contributed by atoms with Gasteiger partial charge < -0.3 is 38.2 Å². The Hall–Kier alpha value is -4.94. The van der Waals surface area contributed by atoms with Crippen molar-refractivity contribution >= 4 is 24.0 Å². The Morgan fingerprint density at radius 1 is 0.549 bits per heavy atom. The van der Waals surface area contributed by atoms with Crippen molar-refractivity contribution in [2.24, 2.45) is 0 Å². The SMILES string of the molecule is CCC(N1CCN(C(=O)/C=C/C=C/c2cc(OC)c(OC)c(OC)c2)CC1)N1CCN(C(=O)/C=C/C=C/c2cc(OC)c(OC)c(OC)c2)CC1. The van der Waals surface area contributed by atoms with Crippen LogP contribution in [0.1, 0.15) is 24.5 Å². The molecule has 2 amide bonds. The van der Waals surface area contributed by atoms with Crippen LogP contribution in [0.3, 0.4) is 0 Å². The number of methoxy groups -OCH3 is 6. The lowest BCUT2D eigenvalue weighted by molar-refractivity contribution is -0.130. The maximum atomic E-state index is 12.9. The van der Waals surface area contributed by atoms with Crippen molar-refractivity contribution in [2.45, 2.75) is 19.5 Å². The fourth-order valence-corrected chi connectivity index (χ4v) is 6.44. The largest absolute Gasteiger partial charge is 0.493 e. The second kappa shape index (κ2) is 19.5. The predicted molar refractivity (Wildman–Crippen MR) is 199 cm³/mol. The molecule has 0 bridgehead atoms. The molecule has 12 nitrogen and oxygen atoms in total. The standard InChI is InChI=1S/C39H52N4O8/c1-8-35(40-17-21-42(22-18-40)36(44)15-11-9-13-29-25-31(46-2)38(50-6)32(26-29)47-3)41-19-23-43(24-20-41)37(45)16-12-10-14-30-27-33(48-4)39(51-7)34(28-30)49-5/h9-16,25-28,35H,8,17-24H2,1-7H3/b13-9+,14-10+,15-11+,16-12+. The molecule has 0 aromatic heterocycles. The molecule has 2 aromatic carbocycles. The van der Waals surface area contributed by atoms with E-state index in [4.69, 9.17) is 28.4 Å². The van der Waals surface area contributed by atoms with Gasteiger partial charge in [0, 0.05) is 64.5 Å². The molecule has 51 heavy (non-hydrogen) atoms. The molecule has 2 fully saturated rings. The van der Waals surface area contributed by atoms with E-state index in [2.05, 4.69) is 16.7 Å². The number of rotatable bonds is 15. The average Bonchev–Trinajstić information content (AvgIpc) is 3.17. The van der Waals surface area contributed by atoms with Gasteiger partial charge in [0.25, 0.3) is 0 Å². The van der Waals surface area contributed by atoms with Gasteiger partial charge in [0.1, 0.15) is 0 Å². The molecule has 4 rings (SSSR count). The number of ether oxygens (including phenoxy) is 6. The molecule has 0 N–H and O–H groups in total. The molecule has 0 saturated carbocycles. The van der Waals surface area contributed by atoms with E-state index in [9.17, 15) is 9.59 Å². The van der Waals surface area contributed by atoms with Gasteiger partial charge >= 0.3 is 0 Å². The van der Waals surface area contributed by atoms with Crippen LogP contribution in [0.15, 0.2) is 60.7 Å². The Morgan fingerprint density at radius 2 is 0.882 bits per heavy atom. The molecule has 12 heteroatoms. The van der Waals surface area contributed by atoms with E-state index < -0.39 is 0 Å². The molecule has 2 aromatic rings. The lowest BCUT2D eigenvalue weighted by Crippen LogP contribution is -2.60. The van der Waals surface area contributed by atoms with Gasteiger partial charge in [0.15, 0.2) is 23.0 Å². The second-order valence-corrected chi connectivity index (χ2v) is 12.0. The third kappa shape index (κ3) is 10.1. The number of carbonyl (C=O) groups excluding carboxylic acids is 2. The van der Waals surface area contributed by atoms with Crippen LogP contribution in [0, 0.1) is 0 Å². The van der Waals surface area contributed by atoms with Crippen LogP contribution in [0.2, 0.25) is 0 Å². The van der Waals surface area contributed by atoms with Gasteiger partial charge in [-0.1, -0.05) is 43.4 Å². The third-order valence-corrected chi connectivity index (χ3v) is 9.11. The average molecular weight is 705 g/mol. The minimum Gasteiger partial charge on any atom is -0.493 e. The number of allylic oxidation sites excluding steroid dienone is 4. The Bertz CT molecular complexity index is 1420. The molecule has 0 unspecified atom stereocenters. The topological polar surface area (TPSA) is 102 Å². The van der Waals surface area contributed by atoms with Crippen LogP contribution in [-0.4, -0.2) is 133 Å². The zero-order valence-corrected chi connectivity index (χ0v) is 30.9. The Balaban J connectivity index is 1.23. The van der Waals surface area contributed by atoms with Crippen LogP contribution in [0.25, 0.3) is 12.2 Å². The van der Waals surface area contributed by atoms with E-state index in [1.165, 1.54) is 0 Å². The van der Waals surface area contributed by atoms with Gasteiger partial charge in [-0.3, -0.25) is 19.4 Å². The van der Waals surface area contributed by atoms with Crippen molar-refractivity contribution in [1.29, 1.82) is 0 Å². The summed E-state index contributed by atoms with van der Waals surface area (Å²) in [6.07, 6.45) is 15.4. The fraction of sp³-hybridized carbons (Fsp3) is 0.436. The maximum absolute atomic E-state index is 12.9. The number of hydrogen-bond acceptors (Lipinski definition) is 10. The number of hydrogen-bond donors (Lipinski definition) is 0.